The summed E-state index contributed by atoms with van der Waals surface area (Å²) in [5, 5.41) is 0. The number of hydrogen-bond acceptors (Lipinski definition) is 4. The van der Waals surface area contributed by atoms with Gasteiger partial charge in [0.05, 0.1) is 13.2 Å². The highest BCUT2D eigenvalue weighted by atomic mass is 16.7. The molecule has 0 spiro atoms. The van der Waals surface area contributed by atoms with Gasteiger partial charge < -0.3 is 14.2 Å². The number of carbonyl (C=O) groups is 1. The molecule has 0 saturated carbocycles. The number of hydrogen-bond donors (Lipinski definition) is 0. The molecule has 102 valence electrons. The van der Waals surface area contributed by atoms with E-state index in [1.807, 2.05) is 30.3 Å². The van der Waals surface area contributed by atoms with Gasteiger partial charge in [0.2, 0.25) is 0 Å². The molecule has 1 aliphatic rings. The molecular formula is C16H14O4. The van der Waals surface area contributed by atoms with Gasteiger partial charge in [0.1, 0.15) is 17.8 Å². The Bertz CT molecular complexity index is 603. The lowest BCUT2D eigenvalue weighted by atomic mass is 10.2. The molecule has 2 aromatic rings. The van der Waals surface area contributed by atoms with Gasteiger partial charge in [-0.1, -0.05) is 24.3 Å². The van der Waals surface area contributed by atoms with Crippen LogP contribution in [0.2, 0.25) is 0 Å². The van der Waals surface area contributed by atoms with E-state index in [0.717, 1.165) is 11.8 Å². The average Bonchev–Trinajstić information content (AvgIpc) is 3.02. The summed E-state index contributed by atoms with van der Waals surface area (Å²) < 4.78 is 16.7. The third kappa shape index (κ3) is 2.87. The Morgan fingerprint density at radius 1 is 1.00 bits per heavy atom. The molecule has 1 saturated heterocycles. The normalized spacial score (nSPS) is 15.2. The van der Waals surface area contributed by atoms with Gasteiger partial charge in [-0.15, -0.1) is 0 Å². The molecule has 0 unspecified atom stereocenters. The van der Waals surface area contributed by atoms with Crippen LogP contribution in [0.4, 0.5) is 0 Å². The zero-order valence-electron chi connectivity index (χ0n) is 10.8. The number of ether oxygens (including phenoxy) is 3. The van der Waals surface area contributed by atoms with Crippen molar-refractivity contribution in [3.8, 4) is 11.5 Å². The van der Waals surface area contributed by atoms with Crippen molar-refractivity contribution in [2.45, 2.75) is 6.29 Å². The van der Waals surface area contributed by atoms with Gasteiger partial charge in [0.15, 0.2) is 6.29 Å². The van der Waals surface area contributed by atoms with Crippen molar-refractivity contribution in [1.82, 2.24) is 0 Å². The van der Waals surface area contributed by atoms with Crippen molar-refractivity contribution in [2.75, 3.05) is 13.2 Å². The second-order valence-electron chi connectivity index (χ2n) is 4.44. The Labute approximate surface area is 116 Å². The van der Waals surface area contributed by atoms with E-state index >= 15 is 0 Å². The molecule has 0 atom stereocenters. The minimum atomic E-state index is -0.320. The van der Waals surface area contributed by atoms with Gasteiger partial charge in [-0.25, -0.2) is 0 Å². The summed E-state index contributed by atoms with van der Waals surface area (Å²) in [6.45, 7) is 1.22. The smallest absolute Gasteiger partial charge is 0.184 e. The van der Waals surface area contributed by atoms with Gasteiger partial charge in [0.25, 0.3) is 0 Å². The predicted molar refractivity (Wildman–Crippen MR) is 73.0 cm³/mol. The summed E-state index contributed by atoms with van der Waals surface area (Å²) in [5.74, 6) is 1.31. The third-order valence-corrected chi connectivity index (χ3v) is 2.98. The highest BCUT2D eigenvalue weighted by Gasteiger charge is 2.18. The fourth-order valence-corrected chi connectivity index (χ4v) is 2.06. The van der Waals surface area contributed by atoms with Gasteiger partial charge in [-0.3, -0.25) is 4.79 Å². The molecule has 1 fully saturated rings. The summed E-state index contributed by atoms with van der Waals surface area (Å²) in [6, 6.07) is 14.6. The van der Waals surface area contributed by atoms with Gasteiger partial charge in [-0.05, 0) is 24.3 Å². The maximum atomic E-state index is 10.8. The van der Waals surface area contributed by atoms with Crippen LogP contribution in [0.3, 0.4) is 0 Å². The second kappa shape index (κ2) is 5.86. The number of rotatable bonds is 4. The summed E-state index contributed by atoms with van der Waals surface area (Å²) in [6.07, 6.45) is 0.476. The Morgan fingerprint density at radius 3 is 2.45 bits per heavy atom. The molecule has 0 bridgehead atoms. The minimum Gasteiger partial charge on any atom is -0.457 e. The quantitative estimate of drug-likeness (QED) is 0.799. The zero-order chi connectivity index (χ0) is 13.8. The van der Waals surface area contributed by atoms with Crippen LogP contribution in [0.15, 0.2) is 48.5 Å². The van der Waals surface area contributed by atoms with E-state index in [0.29, 0.717) is 30.3 Å². The van der Waals surface area contributed by atoms with Crippen LogP contribution in [-0.2, 0) is 9.47 Å². The first-order valence-electron chi connectivity index (χ1n) is 6.41. The molecule has 4 nitrogen and oxygen atoms in total. The molecule has 0 N–H and O–H groups in total. The van der Waals surface area contributed by atoms with E-state index < -0.39 is 0 Å². The first-order valence-corrected chi connectivity index (χ1v) is 6.41. The lowest BCUT2D eigenvalue weighted by Gasteiger charge is -2.11. The number of carbonyl (C=O) groups excluding carboxylic acids is 1. The zero-order valence-corrected chi connectivity index (χ0v) is 10.8. The number of benzene rings is 2. The van der Waals surface area contributed by atoms with Crippen LogP contribution in [0, 0.1) is 0 Å². The van der Waals surface area contributed by atoms with Crippen LogP contribution in [-0.4, -0.2) is 19.5 Å². The van der Waals surface area contributed by atoms with Gasteiger partial charge >= 0.3 is 0 Å². The summed E-state index contributed by atoms with van der Waals surface area (Å²) in [5.41, 5.74) is 1.51. The molecule has 0 aromatic heterocycles. The molecule has 4 heteroatoms. The van der Waals surface area contributed by atoms with Gasteiger partial charge in [0, 0.05) is 11.1 Å². The SMILES string of the molecule is O=Cc1cccc(Oc2cccc(C3OCCO3)c2)c1. The van der Waals surface area contributed by atoms with E-state index in [2.05, 4.69) is 0 Å². The fourth-order valence-electron chi connectivity index (χ4n) is 2.06. The van der Waals surface area contributed by atoms with Crippen LogP contribution in [0.1, 0.15) is 22.2 Å². The molecule has 3 rings (SSSR count). The van der Waals surface area contributed by atoms with Crippen molar-refractivity contribution in [2.24, 2.45) is 0 Å². The Balaban J connectivity index is 1.79. The van der Waals surface area contributed by atoms with Crippen LogP contribution < -0.4 is 4.74 Å². The standard InChI is InChI=1S/C16H14O4/c17-11-12-3-1-5-14(9-12)20-15-6-2-4-13(10-15)16-18-7-8-19-16/h1-6,9-11,16H,7-8H2. The topological polar surface area (TPSA) is 44.8 Å². The molecule has 1 heterocycles. The third-order valence-electron chi connectivity index (χ3n) is 2.98. The van der Waals surface area contributed by atoms with Crippen LogP contribution in [0.25, 0.3) is 0 Å². The molecule has 0 radical (unpaired) electrons. The maximum Gasteiger partial charge on any atom is 0.184 e. The second-order valence-corrected chi connectivity index (χ2v) is 4.44. The minimum absolute atomic E-state index is 0.320. The largest absolute Gasteiger partial charge is 0.457 e. The fraction of sp³-hybridized carbons (Fsp3) is 0.188. The molecule has 2 aromatic carbocycles. The molecular weight excluding hydrogens is 256 g/mol. The monoisotopic (exact) mass is 270 g/mol. The molecule has 0 amide bonds. The Morgan fingerprint density at radius 2 is 1.70 bits per heavy atom. The summed E-state index contributed by atoms with van der Waals surface area (Å²) in [7, 11) is 0. The Hall–Kier alpha value is -2.17. The van der Waals surface area contributed by atoms with Crippen molar-refractivity contribution in [3.63, 3.8) is 0 Å². The van der Waals surface area contributed by atoms with E-state index in [-0.39, 0.29) is 6.29 Å². The Kier molecular flexibility index (Phi) is 3.76. The van der Waals surface area contributed by atoms with Crippen LogP contribution >= 0.6 is 0 Å². The average molecular weight is 270 g/mol. The van der Waals surface area contributed by atoms with Crippen molar-refractivity contribution < 1.29 is 19.0 Å². The summed E-state index contributed by atoms with van der Waals surface area (Å²) in [4.78, 5) is 10.8. The van der Waals surface area contributed by atoms with Crippen molar-refractivity contribution >= 4 is 6.29 Å². The van der Waals surface area contributed by atoms with E-state index in [4.69, 9.17) is 14.2 Å². The maximum absolute atomic E-state index is 10.8. The predicted octanol–water partition coefficient (Wildman–Crippen LogP) is 3.34. The first kappa shape index (κ1) is 12.8. The highest BCUT2D eigenvalue weighted by Crippen LogP contribution is 2.28. The van der Waals surface area contributed by atoms with E-state index in [9.17, 15) is 4.79 Å². The van der Waals surface area contributed by atoms with Crippen molar-refractivity contribution in [3.05, 3.63) is 59.7 Å². The first-order chi connectivity index (χ1) is 9.85. The number of aldehydes is 1. The van der Waals surface area contributed by atoms with Crippen LogP contribution in [0.5, 0.6) is 11.5 Å². The molecule has 0 aliphatic carbocycles. The summed E-state index contributed by atoms with van der Waals surface area (Å²) >= 11 is 0. The van der Waals surface area contributed by atoms with E-state index in [1.165, 1.54) is 0 Å². The lowest BCUT2D eigenvalue weighted by Crippen LogP contribution is -1.98. The molecule has 1 aliphatic heterocycles. The van der Waals surface area contributed by atoms with Crippen molar-refractivity contribution in [1.29, 1.82) is 0 Å². The van der Waals surface area contributed by atoms with Gasteiger partial charge in [-0.2, -0.15) is 0 Å². The highest BCUT2D eigenvalue weighted by molar-refractivity contribution is 5.75. The lowest BCUT2D eigenvalue weighted by molar-refractivity contribution is -0.0442. The molecule has 20 heavy (non-hydrogen) atoms. The van der Waals surface area contributed by atoms with E-state index in [1.54, 1.807) is 18.2 Å².